The van der Waals surface area contributed by atoms with E-state index in [1.165, 1.54) is 6.08 Å². The smallest absolute Gasteiger partial charge is 0.326 e. The van der Waals surface area contributed by atoms with Crippen LogP contribution in [0.3, 0.4) is 0 Å². The minimum Gasteiger partial charge on any atom is -0.480 e. The molecule has 2 aromatic carbocycles. The number of fused-ring (bicyclic) bond motifs is 1. The summed E-state index contributed by atoms with van der Waals surface area (Å²) in [6, 6.07) is 13.6. The number of para-hydroxylation sites is 1. The number of carboxylic acids is 1. The summed E-state index contributed by atoms with van der Waals surface area (Å²) in [6.07, 6.45) is 4.90. The maximum Gasteiger partial charge on any atom is 0.326 e. The number of nitrogen functional groups attached to an aromatic ring is 1. The van der Waals surface area contributed by atoms with Gasteiger partial charge in [0.15, 0.2) is 0 Å². The molecule has 1 aromatic heterocycles. The fraction of sp³-hybridized carbons (Fsp3) is 0.100. The second kappa shape index (κ2) is 7.57. The van der Waals surface area contributed by atoms with E-state index < -0.39 is 17.9 Å². The predicted octanol–water partition coefficient (Wildman–Crippen LogP) is 2.58. The van der Waals surface area contributed by atoms with Gasteiger partial charge in [0.1, 0.15) is 6.04 Å². The molecule has 0 saturated carbocycles. The quantitative estimate of drug-likeness (QED) is 0.405. The lowest BCUT2D eigenvalue weighted by Crippen LogP contribution is -2.41. The fourth-order valence-corrected chi connectivity index (χ4v) is 2.72. The van der Waals surface area contributed by atoms with Crippen LogP contribution in [0.15, 0.2) is 60.8 Å². The van der Waals surface area contributed by atoms with E-state index in [0.717, 1.165) is 22.0 Å². The van der Waals surface area contributed by atoms with Gasteiger partial charge in [0.25, 0.3) is 0 Å². The molecule has 0 bridgehead atoms. The molecule has 3 rings (SSSR count). The number of aliphatic carboxylic acids is 1. The molecular weight excluding hydrogens is 330 g/mol. The van der Waals surface area contributed by atoms with E-state index in [-0.39, 0.29) is 6.42 Å². The van der Waals surface area contributed by atoms with Crippen molar-refractivity contribution in [3.8, 4) is 0 Å². The molecule has 0 unspecified atom stereocenters. The van der Waals surface area contributed by atoms with E-state index in [9.17, 15) is 14.7 Å². The minimum absolute atomic E-state index is 0.195. The third-order valence-electron chi connectivity index (χ3n) is 4.08. The van der Waals surface area contributed by atoms with Gasteiger partial charge >= 0.3 is 5.97 Å². The molecule has 0 aliphatic carbocycles. The number of hydrogen-bond donors (Lipinski definition) is 4. The average Bonchev–Trinajstić information content (AvgIpc) is 3.04. The monoisotopic (exact) mass is 349 g/mol. The Morgan fingerprint density at radius 3 is 2.62 bits per heavy atom. The van der Waals surface area contributed by atoms with Crippen molar-refractivity contribution in [2.75, 3.05) is 5.73 Å². The molecule has 26 heavy (non-hydrogen) atoms. The zero-order valence-electron chi connectivity index (χ0n) is 14.0. The number of amides is 1. The van der Waals surface area contributed by atoms with Crippen molar-refractivity contribution >= 4 is 34.5 Å². The second-order valence-corrected chi connectivity index (χ2v) is 5.96. The van der Waals surface area contributed by atoms with Crippen molar-refractivity contribution in [3.05, 3.63) is 71.9 Å². The highest BCUT2D eigenvalue weighted by molar-refractivity contribution is 5.94. The normalized spacial score (nSPS) is 12.3. The molecule has 6 nitrogen and oxygen atoms in total. The van der Waals surface area contributed by atoms with Gasteiger partial charge in [-0.05, 0) is 35.4 Å². The van der Waals surface area contributed by atoms with Gasteiger partial charge in [0.2, 0.25) is 5.91 Å². The SMILES string of the molecule is Nc1ccc(C=CC(=O)N[C@@H](Cc2c[nH]c3ccccc23)C(=O)O)cc1. The van der Waals surface area contributed by atoms with E-state index in [1.807, 2.05) is 24.3 Å². The van der Waals surface area contributed by atoms with Gasteiger partial charge in [0.05, 0.1) is 0 Å². The molecule has 3 aromatic rings. The number of nitrogens with one attached hydrogen (secondary N) is 2. The number of H-pyrrole nitrogens is 1. The number of nitrogens with two attached hydrogens (primary N) is 1. The van der Waals surface area contributed by atoms with Gasteiger partial charge in [-0.15, -0.1) is 0 Å². The molecule has 0 fully saturated rings. The highest BCUT2D eigenvalue weighted by Gasteiger charge is 2.21. The molecule has 132 valence electrons. The Morgan fingerprint density at radius 1 is 1.15 bits per heavy atom. The Hall–Kier alpha value is -3.54. The summed E-state index contributed by atoms with van der Waals surface area (Å²) < 4.78 is 0. The first-order valence-corrected chi connectivity index (χ1v) is 8.15. The molecule has 0 saturated heterocycles. The number of aromatic nitrogens is 1. The Labute approximate surface area is 150 Å². The van der Waals surface area contributed by atoms with Gasteiger partial charge in [0, 0.05) is 35.3 Å². The number of anilines is 1. The van der Waals surface area contributed by atoms with E-state index in [1.54, 1.807) is 36.5 Å². The van der Waals surface area contributed by atoms with Crippen molar-refractivity contribution in [1.29, 1.82) is 0 Å². The highest BCUT2D eigenvalue weighted by Crippen LogP contribution is 2.19. The summed E-state index contributed by atoms with van der Waals surface area (Å²) in [4.78, 5) is 26.7. The van der Waals surface area contributed by atoms with Gasteiger partial charge < -0.3 is 21.1 Å². The minimum atomic E-state index is -1.08. The number of benzene rings is 2. The Bertz CT molecular complexity index is 958. The standard InChI is InChI=1S/C20H19N3O3/c21-15-8-5-13(6-9-15)7-10-19(24)23-18(20(25)26)11-14-12-22-17-4-2-1-3-16(14)17/h1-10,12,18,22H,11,21H2,(H,23,24)(H,25,26)/t18-/m0/s1. The summed E-state index contributed by atoms with van der Waals surface area (Å²) >= 11 is 0. The third-order valence-corrected chi connectivity index (χ3v) is 4.08. The predicted molar refractivity (Wildman–Crippen MR) is 101 cm³/mol. The number of carboxylic acid groups (broad SMARTS) is 1. The van der Waals surface area contributed by atoms with E-state index in [2.05, 4.69) is 10.3 Å². The molecular formula is C20H19N3O3. The van der Waals surface area contributed by atoms with E-state index >= 15 is 0 Å². The molecule has 1 atom stereocenters. The molecule has 0 radical (unpaired) electrons. The Morgan fingerprint density at radius 2 is 1.88 bits per heavy atom. The lowest BCUT2D eigenvalue weighted by Gasteiger charge is -2.12. The first-order valence-electron chi connectivity index (χ1n) is 8.15. The molecule has 6 heteroatoms. The first kappa shape index (κ1) is 17.3. The van der Waals surface area contributed by atoms with Crippen LogP contribution in [-0.2, 0) is 16.0 Å². The Kier molecular flexibility index (Phi) is 5.03. The molecule has 1 amide bonds. The van der Waals surface area contributed by atoms with Gasteiger partial charge in [-0.2, -0.15) is 0 Å². The van der Waals surface area contributed by atoms with Crippen molar-refractivity contribution < 1.29 is 14.7 Å². The van der Waals surface area contributed by atoms with Crippen LogP contribution >= 0.6 is 0 Å². The van der Waals surface area contributed by atoms with Crippen molar-refractivity contribution in [2.24, 2.45) is 0 Å². The number of aromatic amines is 1. The number of carbonyl (C=O) groups excluding carboxylic acids is 1. The molecule has 0 aliphatic heterocycles. The van der Waals surface area contributed by atoms with Crippen LogP contribution in [0.4, 0.5) is 5.69 Å². The van der Waals surface area contributed by atoms with Crippen LogP contribution in [0.25, 0.3) is 17.0 Å². The van der Waals surface area contributed by atoms with Gasteiger partial charge in [-0.3, -0.25) is 4.79 Å². The van der Waals surface area contributed by atoms with Crippen LogP contribution in [0, 0.1) is 0 Å². The topological polar surface area (TPSA) is 108 Å². The zero-order valence-corrected chi connectivity index (χ0v) is 14.0. The molecule has 0 spiro atoms. The lowest BCUT2D eigenvalue weighted by atomic mass is 10.0. The molecule has 1 heterocycles. The van der Waals surface area contributed by atoms with Gasteiger partial charge in [-0.25, -0.2) is 4.79 Å². The summed E-state index contributed by atoms with van der Waals surface area (Å²) in [7, 11) is 0. The van der Waals surface area contributed by atoms with Crippen LogP contribution in [0.5, 0.6) is 0 Å². The van der Waals surface area contributed by atoms with Crippen LogP contribution in [0.1, 0.15) is 11.1 Å². The fourth-order valence-electron chi connectivity index (χ4n) is 2.72. The maximum absolute atomic E-state index is 12.1. The summed E-state index contributed by atoms with van der Waals surface area (Å²) in [6.45, 7) is 0. The lowest BCUT2D eigenvalue weighted by molar-refractivity contribution is -0.141. The average molecular weight is 349 g/mol. The third kappa shape index (κ3) is 4.10. The first-order chi connectivity index (χ1) is 12.5. The summed E-state index contributed by atoms with van der Waals surface area (Å²) in [5, 5.41) is 12.9. The highest BCUT2D eigenvalue weighted by atomic mass is 16.4. The zero-order chi connectivity index (χ0) is 18.5. The second-order valence-electron chi connectivity index (χ2n) is 5.96. The van der Waals surface area contributed by atoms with Crippen LogP contribution < -0.4 is 11.1 Å². The van der Waals surface area contributed by atoms with Gasteiger partial charge in [-0.1, -0.05) is 30.3 Å². The number of rotatable bonds is 6. The van der Waals surface area contributed by atoms with E-state index in [4.69, 9.17) is 5.73 Å². The van der Waals surface area contributed by atoms with E-state index in [0.29, 0.717) is 5.69 Å². The number of carbonyl (C=O) groups is 2. The number of hydrogen-bond acceptors (Lipinski definition) is 3. The summed E-state index contributed by atoms with van der Waals surface area (Å²) in [5.41, 5.74) is 8.83. The largest absolute Gasteiger partial charge is 0.480 e. The van der Waals surface area contributed by atoms with Crippen LogP contribution in [0.2, 0.25) is 0 Å². The maximum atomic E-state index is 12.1. The molecule has 5 N–H and O–H groups in total. The van der Waals surface area contributed by atoms with Crippen LogP contribution in [-0.4, -0.2) is 28.0 Å². The van der Waals surface area contributed by atoms with Crippen molar-refractivity contribution in [2.45, 2.75) is 12.5 Å². The summed E-state index contributed by atoms with van der Waals surface area (Å²) in [5.74, 6) is -1.54. The van der Waals surface area contributed by atoms with Crippen molar-refractivity contribution in [1.82, 2.24) is 10.3 Å². The Balaban J connectivity index is 1.69. The molecule has 0 aliphatic rings. The van der Waals surface area contributed by atoms with Crippen molar-refractivity contribution in [3.63, 3.8) is 0 Å².